The lowest BCUT2D eigenvalue weighted by molar-refractivity contribution is 0.0330. The van der Waals surface area contributed by atoms with Crippen LogP contribution in [-0.2, 0) is 10.3 Å². The van der Waals surface area contributed by atoms with Gasteiger partial charge in [0.2, 0.25) is 0 Å². The quantitative estimate of drug-likeness (QED) is 0.725. The highest BCUT2D eigenvalue weighted by Gasteiger charge is 2.38. The van der Waals surface area contributed by atoms with Crippen molar-refractivity contribution in [3.05, 3.63) is 72.0 Å². The van der Waals surface area contributed by atoms with Crippen LogP contribution in [0.2, 0.25) is 0 Å². The Hall–Kier alpha value is -3.32. The lowest BCUT2D eigenvalue weighted by Gasteiger charge is -2.37. The second-order valence-electron chi connectivity index (χ2n) is 7.19. The van der Waals surface area contributed by atoms with E-state index in [4.69, 9.17) is 9.72 Å². The van der Waals surface area contributed by atoms with Crippen molar-refractivity contribution in [1.29, 1.82) is 0 Å². The second kappa shape index (κ2) is 7.60. The molecule has 7 heteroatoms. The molecule has 29 heavy (non-hydrogen) atoms. The van der Waals surface area contributed by atoms with Crippen LogP contribution >= 0.6 is 0 Å². The van der Waals surface area contributed by atoms with E-state index < -0.39 is 5.54 Å². The molecular formula is C22H23N5O2. The molecule has 1 N–H and O–H groups in total. The van der Waals surface area contributed by atoms with Gasteiger partial charge < -0.3 is 10.1 Å². The molecule has 3 aromatic rings. The number of aromatic nitrogens is 4. The van der Waals surface area contributed by atoms with E-state index in [9.17, 15) is 4.79 Å². The van der Waals surface area contributed by atoms with Gasteiger partial charge in [0.1, 0.15) is 5.56 Å². The molecule has 0 aromatic carbocycles. The molecule has 7 nitrogen and oxygen atoms in total. The van der Waals surface area contributed by atoms with Gasteiger partial charge in [-0.1, -0.05) is 25.3 Å². The molecule has 0 spiro atoms. The number of hydrogen-bond donors (Lipinski definition) is 1. The highest BCUT2D eigenvalue weighted by molar-refractivity contribution is 6.00. The van der Waals surface area contributed by atoms with E-state index in [1.807, 2.05) is 25.3 Å². The third kappa shape index (κ3) is 3.45. The molecule has 1 aliphatic heterocycles. The standard InChI is InChI=1S/C22H23N5O2/c1-4-16-6-7-19(25-18(16)5-2)22(8-10-29-11-9-22)26-21(28)17-13-24-27-14-15(3)12-23-20(17)27/h4-7,12-14H,1-2,8-11H2,3H3,(H,26,28). The number of amides is 1. The summed E-state index contributed by atoms with van der Waals surface area (Å²) in [7, 11) is 0. The Morgan fingerprint density at radius 2 is 2.03 bits per heavy atom. The van der Waals surface area contributed by atoms with Crippen LogP contribution in [0.15, 0.2) is 43.9 Å². The number of ether oxygens (including phenoxy) is 1. The Kier molecular flexibility index (Phi) is 4.98. The number of nitrogens with one attached hydrogen (secondary N) is 1. The summed E-state index contributed by atoms with van der Waals surface area (Å²) in [4.78, 5) is 22.4. The van der Waals surface area contributed by atoms with Gasteiger partial charge in [0.05, 0.1) is 23.1 Å². The van der Waals surface area contributed by atoms with Crippen molar-refractivity contribution in [2.45, 2.75) is 25.3 Å². The van der Waals surface area contributed by atoms with Crippen molar-refractivity contribution < 1.29 is 9.53 Å². The van der Waals surface area contributed by atoms with Crippen LogP contribution in [0.25, 0.3) is 17.8 Å². The van der Waals surface area contributed by atoms with Crippen molar-refractivity contribution >= 4 is 23.7 Å². The lowest BCUT2D eigenvalue weighted by atomic mass is 9.85. The fraction of sp³-hybridized carbons (Fsp3) is 0.273. The number of carbonyl (C=O) groups is 1. The Bertz CT molecular complexity index is 1100. The van der Waals surface area contributed by atoms with Crippen molar-refractivity contribution in [2.24, 2.45) is 0 Å². The summed E-state index contributed by atoms with van der Waals surface area (Å²) in [5.74, 6) is -0.229. The minimum Gasteiger partial charge on any atom is -0.381 e. The lowest BCUT2D eigenvalue weighted by Crippen LogP contribution is -2.50. The molecule has 0 radical (unpaired) electrons. The minimum absolute atomic E-state index is 0.229. The van der Waals surface area contributed by atoms with E-state index in [1.165, 1.54) is 0 Å². The van der Waals surface area contributed by atoms with E-state index in [2.05, 4.69) is 28.6 Å². The summed E-state index contributed by atoms with van der Waals surface area (Å²) < 4.78 is 7.18. The molecule has 1 aliphatic rings. The summed E-state index contributed by atoms with van der Waals surface area (Å²) >= 11 is 0. The van der Waals surface area contributed by atoms with Gasteiger partial charge in [0.25, 0.3) is 5.91 Å². The van der Waals surface area contributed by atoms with Gasteiger partial charge in [-0.15, -0.1) is 0 Å². The fourth-order valence-electron chi connectivity index (χ4n) is 3.67. The maximum Gasteiger partial charge on any atom is 0.257 e. The van der Waals surface area contributed by atoms with Crippen LogP contribution in [0, 0.1) is 6.92 Å². The molecule has 1 fully saturated rings. The molecule has 0 unspecified atom stereocenters. The number of pyridine rings is 1. The molecule has 148 valence electrons. The largest absolute Gasteiger partial charge is 0.381 e. The van der Waals surface area contributed by atoms with Crippen LogP contribution < -0.4 is 5.32 Å². The first-order valence-electron chi connectivity index (χ1n) is 9.53. The van der Waals surface area contributed by atoms with Crippen LogP contribution in [-0.4, -0.2) is 38.7 Å². The third-order valence-electron chi connectivity index (χ3n) is 5.29. The van der Waals surface area contributed by atoms with Crippen LogP contribution in [0.4, 0.5) is 0 Å². The first-order chi connectivity index (χ1) is 14.1. The topological polar surface area (TPSA) is 81.4 Å². The van der Waals surface area contributed by atoms with Gasteiger partial charge in [-0.2, -0.15) is 5.10 Å². The SMILES string of the molecule is C=Cc1ccc(C2(NC(=O)c3cnn4cc(C)cnc34)CCOCC2)nc1C=C. The van der Waals surface area contributed by atoms with Crippen LogP contribution in [0.1, 0.15) is 45.7 Å². The summed E-state index contributed by atoms with van der Waals surface area (Å²) in [6.45, 7) is 10.7. The number of carbonyl (C=O) groups excluding carboxylic acids is 1. The summed E-state index contributed by atoms with van der Waals surface area (Å²) in [5, 5.41) is 7.48. The van der Waals surface area contributed by atoms with Crippen LogP contribution in [0.3, 0.4) is 0 Å². The average molecular weight is 389 g/mol. The molecular weight excluding hydrogens is 366 g/mol. The summed E-state index contributed by atoms with van der Waals surface area (Å²) in [6, 6.07) is 3.89. The number of aryl methyl sites for hydroxylation is 1. The minimum atomic E-state index is -0.633. The van der Waals surface area contributed by atoms with Gasteiger partial charge in [-0.05, 0) is 43.0 Å². The van der Waals surface area contributed by atoms with Crippen molar-refractivity contribution in [3.63, 3.8) is 0 Å². The normalized spacial score (nSPS) is 15.8. The van der Waals surface area contributed by atoms with E-state index >= 15 is 0 Å². The number of hydrogen-bond acceptors (Lipinski definition) is 5. The fourth-order valence-corrected chi connectivity index (χ4v) is 3.67. The summed E-state index contributed by atoms with van der Waals surface area (Å²) in [5.41, 5.74) is 3.72. The first-order valence-corrected chi connectivity index (χ1v) is 9.53. The monoisotopic (exact) mass is 389 g/mol. The molecule has 0 aliphatic carbocycles. The summed E-state index contributed by atoms with van der Waals surface area (Å²) in [6.07, 6.45) is 9.82. The second-order valence-corrected chi connectivity index (χ2v) is 7.19. The van der Waals surface area contributed by atoms with Crippen molar-refractivity contribution in [1.82, 2.24) is 24.9 Å². The van der Waals surface area contributed by atoms with E-state index in [0.29, 0.717) is 37.3 Å². The molecule has 0 bridgehead atoms. The van der Waals surface area contributed by atoms with Gasteiger partial charge >= 0.3 is 0 Å². The molecule has 0 saturated carbocycles. The van der Waals surface area contributed by atoms with E-state index in [0.717, 1.165) is 22.5 Å². The van der Waals surface area contributed by atoms with Gasteiger partial charge in [-0.25, -0.2) is 9.50 Å². The van der Waals surface area contributed by atoms with Crippen LogP contribution in [0.5, 0.6) is 0 Å². The Balaban J connectivity index is 1.72. The highest BCUT2D eigenvalue weighted by Crippen LogP contribution is 2.32. The van der Waals surface area contributed by atoms with Gasteiger partial charge in [-0.3, -0.25) is 9.78 Å². The number of fused-ring (bicyclic) bond motifs is 1. The Morgan fingerprint density at radius 1 is 1.24 bits per heavy atom. The van der Waals surface area contributed by atoms with Crippen molar-refractivity contribution in [3.8, 4) is 0 Å². The van der Waals surface area contributed by atoms with Gasteiger partial charge in [0, 0.05) is 25.6 Å². The molecule has 4 heterocycles. The zero-order chi connectivity index (χ0) is 20.4. The van der Waals surface area contributed by atoms with E-state index in [-0.39, 0.29) is 5.91 Å². The molecule has 3 aromatic heterocycles. The van der Waals surface area contributed by atoms with E-state index in [1.54, 1.807) is 29.1 Å². The first kappa shape index (κ1) is 19.0. The maximum absolute atomic E-state index is 13.2. The van der Waals surface area contributed by atoms with Crippen molar-refractivity contribution in [2.75, 3.05) is 13.2 Å². The smallest absolute Gasteiger partial charge is 0.257 e. The predicted molar refractivity (Wildman–Crippen MR) is 111 cm³/mol. The zero-order valence-electron chi connectivity index (χ0n) is 16.4. The Labute approximate surface area is 169 Å². The predicted octanol–water partition coefficient (Wildman–Crippen LogP) is 3.15. The third-order valence-corrected chi connectivity index (χ3v) is 5.29. The molecule has 1 saturated heterocycles. The number of nitrogens with zero attached hydrogens (tertiary/aromatic N) is 4. The maximum atomic E-state index is 13.2. The molecule has 0 atom stereocenters. The number of rotatable bonds is 5. The highest BCUT2D eigenvalue weighted by atomic mass is 16.5. The Morgan fingerprint density at radius 3 is 2.76 bits per heavy atom. The molecule has 4 rings (SSSR count). The average Bonchev–Trinajstić information content (AvgIpc) is 3.17. The molecule has 1 amide bonds. The zero-order valence-corrected chi connectivity index (χ0v) is 16.4. The van der Waals surface area contributed by atoms with Gasteiger partial charge in [0.15, 0.2) is 5.65 Å².